The van der Waals surface area contributed by atoms with Crippen LogP contribution >= 0.6 is 15.9 Å². The van der Waals surface area contributed by atoms with Gasteiger partial charge in [-0.25, -0.2) is 0 Å². The van der Waals surface area contributed by atoms with E-state index in [0.29, 0.717) is 6.54 Å². The van der Waals surface area contributed by atoms with Crippen LogP contribution in [0.2, 0.25) is 0 Å². The van der Waals surface area contributed by atoms with Crippen LogP contribution in [-0.4, -0.2) is 25.0 Å². The maximum atomic E-state index is 11.7. The molecule has 0 aliphatic heterocycles. The summed E-state index contributed by atoms with van der Waals surface area (Å²) in [5, 5.41) is 2.94. The van der Waals surface area contributed by atoms with Gasteiger partial charge in [0.2, 0.25) is 5.91 Å². The van der Waals surface area contributed by atoms with Gasteiger partial charge in [0.1, 0.15) is 0 Å². The molecule has 0 fully saturated rings. The molecule has 1 aromatic carbocycles. The van der Waals surface area contributed by atoms with E-state index in [4.69, 9.17) is 0 Å². The lowest BCUT2D eigenvalue weighted by atomic mass is 10.1. The molecule has 17 heavy (non-hydrogen) atoms. The van der Waals surface area contributed by atoms with Crippen molar-refractivity contribution in [3.05, 3.63) is 28.7 Å². The Morgan fingerprint density at radius 2 is 1.82 bits per heavy atom. The van der Waals surface area contributed by atoms with E-state index >= 15 is 0 Å². The van der Waals surface area contributed by atoms with E-state index in [2.05, 4.69) is 21.2 Å². The number of halogens is 1. The van der Waals surface area contributed by atoms with Crippen molar-refractivity contribution >= 4 is 27.5 Å². The number of anilines is 1. The van der Waals surface area contributed by atoms with Gasteiger partial charge in [0.05, 0.1) is 6.54 Å². The summed E-state index contributed by atoms with van der Waals surface area (Å²) in [4.78, 5) is 13.7. The molecule has 0 saturated carbocycles. The van der Waals surface area contributed by atoms with Gasteiger partial charge in [-0.15, -0.1) is 0 Å². The number of nitrogens with one attached hydrogen (secondary N) is 1. The largest absolute Gasteiger partial charge is 0.365 e. The number of amides is 1. The first-order chi connectivity index (χ1) is 7.78. The Kier molecular flexibility index (Phi) is 4.57. The molecule has 4 heteroatoms. The van der Waals surface area contributed by atoms with E-state index in [9.17, 15) is 4.79 Å². The topological polar surface area (TPSA) is 32.3 Å². The first kappa shape index (κ1) is 14.0. The summed E-state index contributed by atoms with van der Waals surface area (Å²) < 4.78 is 1.04. The van der Waals surface area contributed by atoms with Gasteiger partial charge in [-0.3, -0.25) is 4.79 Å². The molecular formula is C13H19BrN2O. The number of hydrogen-bond donors (Lipinski definition) is 1. The van der Waals surface area contributed by atoms with Crippen LogP contribution < -0.4 is 10.2 Å². The summed E-state index contributed by atoms with van der Waals surface area (Å²) in [5.74, 6) is 0.0305. The normalized spacial score (nSPS) is 11.1. The predicted molar refractivity (Wildman–Crippen MR) is 75.3 cm³/mol. The Morgan fingerprint density at radius 3 is 2.29 bits per heavy atom. The predicted octanol–water partition coefficient (Wildman–Crippen LogP) is 2.80. The van der Waals surface area contributed by atoms with Crippen molar-refractivity contribution in [3.63, 3.8) is 0 Å². The van der Waals surface area contributed by atoms with Crippen molar-refractivity contribution in [2.75, 3.05) is 18.5 Å². The lowest BCUT2D eigenvalue weighted by Gasteiger charge is -2.24. The van der Waals surface area contributed by atoms with Crippen molar-refractivity contribution in [1.29, 1.82) is 0 Å². The van der Waals surface area contributed by atoms with E-state index in [1.54, 1.807) is 0 Å². The first-order valence-corrected chi connectivity index (χ1v) is 6.35. The van der Waals surface area contributed by atoms with Crippen molar-refractivity contribution < 1.29 is 4.79 Å². The molecule has 1 rings (SSSR count). The Morgan fingerprint density at radius 1 is 1.29 bits per heavy atom. The molecule has 0 aliphatic carbocycles. The lowest BCUT2D eigenvalue weighted by molar-refractivity contribution is -0.121. The summed E-state index contributed by atoms with van der Waals surface area (Å²) in [7, 11) is 1.91. The maximum absolute atomic E-state index is 11.7. The number of carbonyl (C=O) groups excluding carboxylic acids is 1. The smallest absolute Gasteiger partial charge is 0.239 e. The third kappa shape index (κ3) is 5.22. The van der Waals surface area contributed by atoms with Crippen LogP contribution in [0.3, 0.4) is 0 Å². The third-order valence-corrected chi connectivity index (χ3v) is 2.69. The number of rotatable bonds is 3. The fraction of sp³-hybridized carbons (Fsp3) is 0.462. The molecule has 0 aromatic heterocycles. The van der Waals surface area contributed by atoms with Crippen LogP contribution in [0, 0.1) is 0 Å². The minimum absolute atomic E-state index is 0.0305. The molecule has 0 atom stereocenters. The minimum Gasteiger partial charge on any atom is -0.365 e. The molecule has 0 aliphatic rings. The second kappa shape index (κ2) is 5.54. The van der Waals surface area contributed by atoms with E-state index in [-0.39, 0.29) is 11.4 Å². The van der Waals surface area contributed by atoms with Crippen LogP contribution in [0.25, 0.3) is 0 Å². The van der Waals surface area contributed by atoms with Crippen LogP contribution in [0.5, 0.6) is 0 Å². The number of carbonyl (C=O) groups is 1. The Labute approximate surface area is 111 Å². The molecule has 0 saturated heterocycles. The summed E-state index contributed by atoms with van der Waals surface area (Å²) in [6, 6.07) is 7.89. The van der Waals surface area contributed by atoms with Crippen molar-refractivity contribution in [1.82, 2.24) is 5.32 Å². The number of benzene rings is 1. The van der Waals surface area contributed by atoms with Crippen LogP contribution in [0.1, 0.15) is 20.8 Å². The van der Waals surface area contributed by atoms with Gasteiger partial charge >= 0.3 is 0 Å². The molecule has 94 valence electrons. The van der Waals surface area contributed by atoms with Crippen LogP contribution in [0.15, 0.2) is 28.7 Å². The maximum Gasteiger partial charge on any atom is 0.239 e. The zero-order valence-corrected chi connectivity index (χ0v) is 12.3. The fourth-order valence-corrected chi connectivity index (χ4v) is 1.72. The molecule has 0 radical (unpaired) electrons. The van der Waals surface area contributed by atoms with Crippen molar-refractivity contribution in [2.24, 2.45) is 0 Å². The summed E-state index contributed by atoms with van der Waals surface area (Å²) in [6.45, 7) is 6.29. The highest BCUT2D eigenvalue weighted by Gasteiger charge is 2.15. The summed E-state index contributed by atoms with van der Waals surface area (Å²) >= 11 is 3.39. The average Bonchev–Trinajstić information content (AvgIpc) is 2.15. The molecule has 1 N–H and O–H groups in total. The van der Waals surface area contributed by atoms with E-state index < -0.39 is 0 Å². The number of hydrogen-bond acceptors (Lipinski definition) is 2. The van der Waals surface area contributed by atoms with Gasteiger partial charge in [0, 0.05) is 22.7 Å². The number of likely N-dealkylation sites (N-methyl/N-ethyl adjacent to an activating group) is 1. The van der Waals surface area contributed by atoms with Gasteiger partial charge in [0.25, 0.3) is 0 Å². The van der Waals surface area contributed by atoms with Crippen molar-refractivity contribution in [3.8, 4) is 0 Å². The zero-order valence-electron chi connectivity index (χ0n) is 10.7. The molecule has 3 nitrogen and oxygen atoms in total. The van der Waals surface area contributed by atoms with E-state index in [1.165, 1.54) is 0 Å². The molecule has 0 heterocycles. The van der Waals surface area contributed by atoms with Gasteiger partial charge in [-0.1, -0.05) is 15.9 Å². The quantitative estimate of drug-likeness (QED) is 0.931. The van der Waals surface area contributed by atoms with Crippen LogP contribution in [-0.2, 0) is 4.79 Å². The Hall–Kier alpha value is -1.03. The molecule has 1 amide bonds. The van der Waals surface area contributed by atoms with Gasteiger partial charge < -0.3 is 10.2 Å². The Bertz CT molecular complexity index is 381. The van der Waals surface area contributed by atoms with Gasteiger partial charge in [-0.2, -0.15) is 0 Å². The third-order valence-electron chi connectivity index (χ3n) is 2.16. The van der Waals surface area contributed by atoms with Gasteiger partial charge in [0.15, 0.2) is 0 Å². The first-order valence-electron chi connectivity index (χ1n) is 5.56. The van der Waals surface area contributed by atoms with Crippen LogP contribution in [0.4, 0.5) is 5.69 Å². The molecular weight excluding hydrogens is 280 g/mol. The highest BCUT2D eigenvalue weighted by molar-refractivity contribution is 9.10. The summed E-state index contributed by atoms with van der Waals surface area (Å²) in [6.07, 6.45) is 0. The van der Waals surface area contributed by atoms with Gasteiger partial charge in [-0.05, 0) is 45.0 Å². The minimum atomic E-state index is -0.183. The molecule has 0 unspecified atom stereocenters. The SMILES string of the molecule is CN(CC(=O)NC(C)(C)C)c1ccc(Br)cc1. The Balaban J connectivity index is 2.57. The van der Waals surface area contributed by atoms with E-state index in [1.807, 2.05) is 57.0 Å². The second-order valence-corrected chi connectivity index (χ2v) is 6.05. The number of nitrogens with zero attached hydrogens (tertiary/aromatic N) is 1. The molecule has 1 aromatic rings. The lowest BCUT2D eigenvalue weighted by Crippen LogP contribution is -2.45. The monoisotopic (exact) mass is 298 g/mol. The van der Waals surface area contributed by atoms with E-state index in [0.717, 1.165) is 10.2 Å². The summed E-state index contributed by atoms with van der Waals surface area (Å²) in [5.41, 5.74) is 0.842. The average molecular weight is 299 g/mol. The zero-order chi connectivity index (χ0) is 13.1. The molecule has 0 spiro atoms. The van der Waals surface area contributed by atoms with Crippen molar-refractivity contribution in [2.45, 2.75) is 26.3 Å². The fourth-order valence-electron chi connectivity index (χ4n) is 1.46. The standard InChI is InChI=1S/C13H19BrN2O/c1-13(2,3)15-12(17)9-16(4)11-7-5-10(14)6-8-11/h5-8H,9H2,1-4H3,(H,15,17). The molecule has 0 bridgehead atoms. The highest BCUT2D eigenvalue weighted by Crippen LogP contribution is 2.16. The second-order valence-electron chi connectivity index (χ2n) is 5.13. The highest BCUT2D eigenvalue weighted by atomic mass is 79.9.